The molecule has 0 N–H and O–H groups in total. The third kappa shape index (κ3) is 1.68. The first-order valence-electron chi connectivity index (χ1n) is 3.62. The highest BCUT2D eigenvalue weighted by Crippen LogP contribution is 2.16. The number of furan rings is 1. The Labute approximate surface area is 74.4 Å². The highest BCUT2D eigenvalue weighted by molar-refractivity contribution is 7.08. The second-order valence-electron chi connectivity index (χ2n) is 2.33. The lowest BCUT2D eigenvalue weighted by molar-refractivity contribution is 0.271. The maximum atomic E-state index is 5.41. The quantitative estimate of drug-likeness (QED) is 0.724. The zero-order valence-electron chi connectivity index (χ0n) is 6.40. The van der Waals surface area contributed by atoms with Gasteiger partial charge in [0.25, 0.3) is 0 Å². The molecule has 0 aromatic carbocycles. The van der Waals surface area contributed by atoms with Crippen LogP contribution in [0.2, 0.25) is 0 Å². The lowest BCUT2D eigenvalue weighted by atomic mass is 10.5. The average molecular weight is 180 g/mol. The lowest BCUT2D eigenvalue weighted by Gasteiger charge is -1.98. The van der Waals surface area contributed by atoms with Gasteiger partial charge in [-0.15, -0.1) is 11.3 Å². The first-order valence-corrected chi connectivity index (χ1v) is 4.57. The van der Waals surface area contributed by atoms with Crippen LogP contribution in [0, 0.1) is 0 Å². The Morgan fingerprint density at radius 3 is 3.08 bits per heavy atom. The van der Waals surface area contributed by atoms with Gasteiger partial charge in [-0.05, 0) is 23.6 Å². The van der Waals surface area contributed by atoms with Gasteiger partial charge in [0.2, 0.25) is 0 Å². The van der Waals surface area contributed by atoms with Crippen molar-refractivity contribution < 1.29 is 9.15 Å². The Hall–Kier alpha value is -1.22. The summed E-state index contributed by atoms with van der Waals surface area (Å²) < 4.78 is 10.5. The average Bonchev–Trinajstić information content (AvgIpc) is 2.74. The lowest BCUT2D eigenvalue weighted by Crippen LogP contribution is -1.91. The fourth-order valence-corrected chi connectivity index (χ4v) is 1.46. The smallest absolute Gasteiger partial charge is 0.146 e. The van der Waals surface area contributed by atoms with Crippen LogP contribution in [-0.4, -0.2) is 0 Å². The van der Waals surface area contributed by atoms with Gasteiger partial charge in [0, 0.05) is 5.38 Å². The molecule has 0 fully saturated rings. The van der Waals surface area contributed by atoms with Crippen LogP contribution < -0.4 is 4.74 Å². The first-order chi connectivity index (χ1) is 5.95. The van der Waals surface area contributed by atoms with Crippen molar-refractivity contribution in [1.82, 2.24) is 0 Å². The molecule has 0 saturated heterocycles. The highest BCUT2D eigenvalue weighted by atomic mass is 32.1. The number of rotatable bonds is 3. The molecule has 3 heteroatoms. The normalized spacial score (nSPS) is 10.0. The maximum Gasteiger partial charge on any atom is 0.146 e. The van der Waals surface area contributed by atoms with Gasteiger partial charge in [0.15, 0.2) is 0 Å². The van der Waals surface area contributed by atoms with E-state index in [1.165, 1.54) is 0 Å². The van der Waals surface area contributed by atoms with Crippen molar-refractivity contribution in [3.05, 3.63) is 41.0 Å². The predicted molar refractivity (Wildman–Crippen MR) is 47.4 cm³/mol. The Balaban J connectivity index is 1.91. The van der Waals surface area contributed by atoms with Gasteiger partial charge in [-0.1, -0.05) is 0 Å². The molecule has 0 radical (unpaired) electrons. The molecule has 2 aromatic heterocycles. The molecule has 0 aliphatic carbocycles. The van der Waals surface area contributed by atoms with E-state index in [9.17, 15) is 0 Å². The minimum Gasteiger partial charge on any atom is -0.485 e. The van der Waals surface area contributed by atoms with E-state index in [1.54, 1.807) is 17.6 Å². The van der Waals surface area contributed by atoms with Crippen LogP contribution in [0.15, 0.2) is 39.6 Å². The van der Waals surface area contributed by atoms with Crippen LogP contribution in [0.3, 0.4) is 0 Å². The fraction of sp³-hybridized carbons (Fsp3) is 0.111. The van der Waals surface area contributed by atoms with Crippen molar-refractivity contribution in [2.75, 3.05) is 0 Å². The van der Waals surface area contributed by atoms with Crippen LogP contribution in [0.25, 0.3) is 0 Å². The third-order valence-electron chi connectivity index (χ3n) is 1.46. The van der Waals surface area contributed by atoms with Crippen molar-refractivity contribution in [3.8, 4) is 5.75 Å². The van der Waals surface area contributed by atoms with E-state index in [2.05, 4.69) is 0 Å². The van der Waals surface area contributed by atoms with E-state index < -0.39 is 0 Å². The van der Waals surface area contributed by atoms with Crippen LogP contribution >= 0.6 is 11.3 Å². The number of ether oxygens (including phenoxy) is 1. The van der Waals surface area contributed by atoms with Crippen molar-refractivity contribution in [2.24, 2.45) is 0 Å². The van der Waals surface area contributed by atoms with Gasteiger partial charge in [-0.2, -0.15) is 0 Å². The standard InChI is InChI=1S/C9H8O2S/c1-2-8(10-4-1)6-11-9-3-5-12-7-9/h1-5,7H,6H2. The number of thiophene rings is 1. The van der Waals surface area contributed by atoms with E-state index >= 15 is 0 Å². The van der Waals surface area contributed by atoms with Crippen molar-refractivity contribution in [1.29, 1.82) is 0 Å². The number of hydrogen-bond donors (Lipinski definition) is 0. The molecule has 0 saturated carbocycles. The molecule has 0 aliphatic rings. The van der Waals surface area contributed by atoms with E-state index in [1.807, 2.05) is 29.0 Å². The molecular formula is C9H8O2S. The molecule has 2 heterocycles. The topological polar surface area (TPSA) is 22.4 Å². The molecular weight excluding hydrogens is 172 g/mol. The van der Waals surface area contributed by atoms with Crippen LogP contribution in [0.4, 0.5) is 0 Å². The van der Waals surface area contributed by atoms with Gasteiger partial charge >= 0.3 is 0 Å². The summed E-state index contributed by atoms with van der Waals surface area (Å²) in [5.41, 5.74) is 0. The summed E-state index contributed by atoms with van der Waals surface area (Å²) in [7, 11) is 0. The Kier molecular flexibility index (Phi) is 2.14. The second-order valence-corrected chi connectivity index (χ2v) is 3.11. The second kappa shape index (κ2) is 3.45. The van der Waals surface area contributed by atoms with Gasteiger partial charge in [-0.3, -0.25) is 0 Å². The molecule has 0 atom stereocenters. The first kappa shape index (κ1) is 7.43. The molecule has 0 unspecified atom stereocenters. The highest BCUT2D eigenvalue weighted by Gasteiger charge is 1.96. The summed E-state index contributed by atoms with van der Waals surface area (Å²) in [4.78, 5) is 0. The molecule has 0 spiro atoms. The Bertz CT molecular complexity index is 276. The van der Waals surface area contributed by atoms with E-state index in [0.717, 1.165) is 11.5 Å². The molecule has 0 amide bonds. The molecule has 2 aromatic rings. The van der Waals surface area contributed by atoms with Crippen molar-refractivity contribution in [3.63, 3.8) is 0 Å². The van der Waals surface area contributed by atoms with Crippen molar-refractivity contribution in [2.45, 2.75) is 6.61 Å². The fourth-order valence-electron chi connectivity index (χ4n) is 0.883. The van der Waals surface area contributed by atoms with E-state index in [0.29, 0.717) is 6.61 Å². The zero-order chi connectivity index (χ0) is 8.23. The maximum absolute atomic E-state index is 5.41. The minimum absolute atomic E-state index is 0.504. The van der Waals surface area contributed by atoms with Gasteiger partial charge in [0.05, 0.1) is 6.26 Å². The summed E-state index contributed by atoms with van der Waals surface area (Å²) >= 11 is 1.62. The Morgan fingerprint density at radius 2 is 2.42 bits per heavy atom. The van der Waals surface area contributed by atoms with Crippen molar-refractivity contribution >= 4 is 11.3 Å². The summed E-state index contributed by atoms with van der Waals surface area (Å²) in [5, 5.41) is 3.94. The van der Waals surface area contributed by atoms with Crippen LogP contribution in [0.1, 0.15) is 5.76 Å². The SMILES string of the molecule is c1coc(COc2ccsc2)c1. The predicted octanol–water partition coefficient (Wildman–Crippen LogP) is 2.92. The summed E-state index contributed by atoms with van der Waals surface area (Å²) in [6, 6.07) is 5.69. The molecule has 0 bridgehead atoms. The molecule has 12 heavy (non-hydrogen) atoms. The summed E-state index contributed by atoms with van der Waals surface area (Å²) in [6.07, 6.45) is 1.65. The number of hydrogen-bond acceptors (Lipinski definition) is 3. The van der Waals surface area contributed by atoms with Gasteiger partial charge in [0.1, 0.15) is 18.1 Å². The van der Waals surface area contributed by atoms with E-state index in [4.69, 9.17) is 9.15 Å². The minimum atomic E-state index is 0.504. The molecule has 2 nitrogen and oxygen atoms in total. The largest absolute Gasteiger partial charge is 0.485 e. The molecule has 0 aliphatic heterocycles. The molecule has 62 valence electrons. The summed E-state index contributed by atoms with van der Waals surface area (Å²) in [6.45, 7) is 0.504. The Morgan fingerprint density at radius 1 is 1.42 bits per heavy atom. The molecule has 2 rings (SSSR count). The van der Waals surface area contributed by atoms with Crippen LogP contribution in [-0.2, 0) is 6.61 Å². The monoisotopic (exact) mass is 180 g/mol. The van der Waals surface area contributed by atoms with E-state index in [-0.39, 0.29) is 0 Å². The summed E-state index contributed by atoms with van der Waals surface area (Å²) in [5.74, 6) is 1.75. The van der Waals surface area contributed by atoms with Gasteiger partial charge < -0.3 is 9.15 Å². The van der Waals surface area contributed by atoms with Crippen LogP contribution in [0.5, 0.6) is 5.75 Å². The zero-order valence-corrected chi connectivity index (χ0v) is 7.21. The third-order valence-corrected chi connectivity index (χ3v) is 2.12. The van der Waals surface area contributed by atoms with Gasteiger partial charge in [-0.25, -0.2) is 0 Å².